The molecule has 0 bridgehead atoms. The minimum atomic E-state index is -0.418. The zero-order valence-corrected chi connectivity index (χ0v) is 15.9. The van der Waals surface area contributed by atoms with Gasteiger partial charge < -0.3 is 15.4 Å². The highest BCUT2D eigenvalue weighted by molar-refractivity contribution is 7.13. The number of thiazole rings is 1. The van der Waals surface area contributed by atoms with Crippen molar-refractivity contribution in [3.8, 4) is 10.6 Å². The van der Waals surface area contributed by atoms with Crippen LogP contribution in [0.5, 0.6) is 0 Å². The number of carbonyl (C=O) groups is 1. The SMILES string of the molecule is COCC1(C(=O)NCc2csc(-c3ccccc3)n2)CCNCC1.Cl. The first-order chi connectivity index (χ1) is 11.7. The van der Waals surface area contributed by atoms with Gasteiger partial charge in [-0.2, -0.15) is 0 Å². The van der Waals surface area contributed by atoms with Gasteiger partial charge in [-0.15, -0.1) is 23.7 Å². The quantitative estimate of drug-likeness (QED) is 0.807. The van der Waals surface area contributed by atoms with E-state index in [1.165, 1.54) is 0 Å². The van der Waals surface area contributed by atoms with Gasteiger partial charge in [0, 0.05) is 18.1 Å². The van der Waals surface area contributed by atoms with Crippen molar-refractivity contribution in [1.82, 2.24) is 15.6 Å². The molecule has 0 spiro atoms. The lowest BCUT2D eigenvalue weighted by molar-refractivity contribution is -0.136. The lowest BCUT2D eigenvalue weighted by atomic mass is 9.78. The number of ether oxygens (including phenoxy) is 1. The maximum Gasteiger partial charge on any atom is 0.228 e. The minimum Gasteiger partial charge on any atom is -0.384 e. The maximum absolute atomic E-state index is 12.7. The summed E-state index contributed by atoms with van der Waals surface area (Å²) in [5.41, 5.74) is 1.58. The fraction of sp³-hybridized carbons (Fsp3) is 0.444. The number of nitrogens with one attached hydrogen (secondary N) is 2. The van der Waals surface area contributed by atoms with Crippen LogP contribution in [0, 0.1) is 5.41 Å². The van der Waals surface area contributed by atoms with Crippen LogP contribution in [0.1, 0.15) is 18.5 Å². The summed E-state index contributed by atoms with van der Waals surface area (Å²) in [6.45, 7) is 2.63. The summed E-state index contributed by atoms with van der Waals surface area (Å²) < 4.78 is 5.32. The van der Waals surface area contributed by atoms with Crippen molar-refractivity contribution in [3.63, 3.8) is 0 Å². The fourth-order valence-corrected chi connectivity index (χ4v) is 3.90. The molecule has 1 aliphatic rings. The van der Waals surface area contributed by atoms with Crippen molar-refractivity contribution in [2.24, 2.45) is 5.41 Å². The largest absolute Gasteiger partial charge is 0.384 e. The molecule has 1 saturated heterocycles. The van der Waals surface area contributed by atoms with Crippen LogP contribution in [-0.2, 0) is 16.1 Å². The lowest BCUT2D eigenvalue weighted by Gasteiger charge is -2.35. The number of halogens is 1. The summed E-state index contributed by atoms with van der Waals surface area (Å²) in [6, 6.07) is 10.1. The van der Waals surface area contributed by atoms with Gasteiger partial charge in [-0.05, 0) is 25.9 Å². The van der Waals surface area contributed by atoms with E-state index in [2.05, 4.69) is 15.6 Å². The highest BCUT2D eigenvalue weighted by atomic mass is 35.5. The van der Waals surface area contributed by atoms with Crippen molar-refractivity contribution in [2.75, 3.05) is 26.8 Å². The third kappa shape index (κ3) is 4.79. The minimum absolute atomic E-state index is 0. The average Bonchev–Trinajstić information content (AvgIpc) is 3.10. The molecular weight excluding hydrogens is 358 g/mol. The number of piperidine rings is 1. The van der Waals surface area contributed by atoms with Crippen molar-refractivity contribution in [2.45, 2.75) is 19.4 Å². The molecule has 5 nitrogen and oxygen atoms in total. The number of aromatic nitrogens is 1. The predicted molar refractivity (Wildman–Crippen MR) is 103 cm³/mol. The van der Waals surface area contributed by atoms with Gasteiger partial charge in [0.25, 0.3) is 0 Å². The second-order valence-corrected chi connectivity index (χ2v) is 7.01. The molecule has 1 amide bonds. The first kappa shape index (κ1) is 19.8. The van der Waals surface area contributed by atoms with Gasteiger partial charge in [-0.3, -0.25) is 4.79 Å². The van der Waals surface area contributed by atoms with Crippen molar-refractivity contribution in [3.05, 3.63) is 41.4 Å². The Labute approximate surface area is 158 Å². The Morgan fingerprint density at radius 3 is 2.72 bits per heavy atom. The number of hydrogen-bond donors (Lipinski definition) is 2. The number of amides is 1. The Bertz CT molecular complexity index is 666. The Morgan fingerprint density at radius 1 is 1.32 bits per heavy atom. The molecule has 1 fully saturated rings. The number of carbonyl (C=O) groups excluding carboxylic acids is 1. The number of nitrogens with zero attached hydrogens (tertiary/aromatic N) is 1. The molecule has 0 saturated carbocycles. The number of hydrogen-bond acceptors (Lipinski definition) is 5. The van der Waals surface area contributed by atoms with E-state index >= 15 is 0 Å². The number of methoxy groups -OCH3 is 1. The van der Waals surface area contributed by atoms with Gasteiger partial charge in [-0.1, -0.05) is 30.3 Å². The van der Waals surface area contributed by atoms with E-state index in [1.807, 2.05) is 35.7 Å². The first-order valence-corrected chi connectivity index (χ1v) is 9.09. The van der Waals surface area contributed by atoms with Crippen LogP contribution in [0.2, 0.25) is 0 Å². The second-order valence-electron chi connectivity index (χ2n) is 6.16. The number of benzene rings is 1. The topological polar surface area (TPSA) is 63.2 Å². The van der Waals surface area contributed by atoms with E-state index in [1.54, 1.807) is 18.4 Å². The van der Waals surface area contributed by atoms with Gasteiger partial charge >= 0.3 is 0 Å². The monoisotopic (exact) mass is 381 g/mol. The molecule has 2 N–H and O–H groups in total. The van der Waals surface area contributed by atoms with Crippen LogP contribution in [0.25, 0.3) is 10.6 Å². The van der Waals surface area contributed by atoms with Crippen molar-refractivity contribution >= 4 is 29.7 Å². The van der Waals surface area contributed by atoms with E-state index in [0.29, 0.717) is 13.2 Å². The standard InChI is InChI=1S/C18H23N3O2S.ClH/c1-23-13-18(7-9-19-10-8-18)17(22)20-11-15-12-24-16(21-15)14-5-3-2-4-6-14;/h2-6,12,19H,7-11,13H2,1H3,(H,20,22);1H. The average molecular weight is 382 g/mol. The van der Waals surface area contributed by atoms with Gasteiger partial charge in [0.1, 0.15) is 5.01 Å². The molecule has 1 aliphatic heterocycles. The first-order valence-electron chi connectivity index (χ1n) is 8.21. The smallest absolute Gasteiger partial charge is 0.228 e. The molecule has 136 valence electrons. The predicted octanol–water partition coefficient (Wildman–Crippen LogP) is 2.86. The second kappa shape index (κ2) is 9.29. The third-order valence-electron chi connectivity index (χ3n) is 4.47. The molecule has 7 heteroatoms. The lowest BCUT2D eigenvalue weighted by Crippen LogP contribution is -2.50. The van der Waals surface area contributed by atoms with E-state index in [4.69, 9.17) is 4.74 Å². The molecule has 1 aromatic carbocycles. The summed E-state index contributed by atoms with van der Waals surface area (Å²) in [6.07, 6.45) is 1.61. The van der Waals surface area contributed by atoms with Crippen LogP contribution in [0.4, 0.5) is 0 Å². The van der Waals surface area contributed by atoms with Crippen molar-refractivity contribution in [1.29, 1.82) is 0 Å². The molecule has 0 atom stereocenters. The molecule has 0 unspecified atom stereocenters. The zero-order valence-electron chi connectivity index (χ0n) is 14.3. The van der Waals surface area contributed by atoms with Crippen LogP contribution in [0.3, 0.4) is 0 Å². The molecule has 25 heavy (non-hydrogen) atoms. The third-order valence-corrected chi connectivity index (χ3v) is 5.41. The summed E-state index contributed by atoms with van der Waals surface area (Å²) in [5, 5.41) is 9.35. The summed E-state index contributed by atoms with van der Waals surface area (Å²) in [7, 11) is 1.66. The number of rotatable bonds is 6. The Balaban J connectivity index is 0.00000225. The van der Waals surface area contributed by atoms with Gasteiger partial charge in [0.05, 0.1) is 24.3 Å². The highest BCUT2D eigenvalue weighted by Crippen LogP contribution is 2.30. The van der Waals surface area contributed by atoms with Crippen LogP contribution in [-0.4, -0.2) is 37.7 Å². The Kier molecular flexibility index (Phi) is 7.38. The van der Waals surface area contributed by atoms with Crippen LogP contribution >= 0.6 is 23.7 Å². The van der Waals surface area contributed by atoms with Gasteiger partial charge in [0.15, 0.2) is 0 Å². The summed E-state index contributed by atoms with van der Waals surface area (Å²) in [5.74, 6) is 0.0695. The Hall–Kier alpha value is -1.47. The molecule has 2 aromatic rings. The molecule has 2 heterocycles. The van der Waals surface area contributed by atoms with Crippen molar-refractivity contribution < 1.29 is 9.53 Å². The van der Waals surface area contributed by atoms with Crippen LogP contribution in [0.15, 0.2) is 35.7 Å². The van der Waals surface area contributed by atoms with E-state index in [9.17, 15) is 4.79 Å². The molecule has 1 aromatic heterocycles. The molecule has 0 radical (unpaired) electrons. The Morgan fingerprint density at radius 2 is 2.04 bits per heavy atom. The van der Waals surface area contributed by atoms with E-state index < -0.39 is 5.41 Å². The normalized spacial score (nSPS) is 16.0. The van der Waals surface area contributed by atoms with E-state index in [0.717, 1.165) is 42.2 Å². The molecule has 0 aliphatic carbocycles. The maximum atomic E-state index is 12.7. The van der Waals surface area contributed by atoms with E-state index in [-0.39, 0.29) is 18.3 Å². The molecule has 3 rings (SSSR count). The highest BCUT2D eigenvalue weighted by Gasteiger charge is 2.39. The zero-order chi connectivity index (χ0) is 16.8. The summed E-state index contributed by atoms with van der Waals surface area (Å²) >= 11 is 1.60. The van der Waals surface area contributed by atoms with Gasteiger partial charge in [0.2, 0.25) is 5.91 Å². The fourth-order valence-electron chi connectivity index (χ4n) is 3.08. The summed E-state index contributed by atoms with van der Waals surface area (Å²) in [4.78, 5) is 17.3. The van der Waals surface area contributed by atoms with Gasteiger partial charge in [-0.25, -0.2) is 4.98 Å². The van der Waals surface area contributed by atoms with Crippen LogP contribution < -0.4 is 10.6 Å². The molecular formula is C18H24ClN3O2S.